The highest BCUT2D eigenvalue weighted by Crippen LogP contribution is 2.74. The van der Waals surface area contributed by atoms with Gasteiger partial charge in [-0.25, -0.2) is 8.78 Å². The van der Waals surface area contributed by atoms with Crippen molar-refractivity contribution in [1.82, 2.24) is 0 Å². The van der Waals surface area contributed by atoms with Crippen LogP contribution < -0.4 is 0 Å². The lowest BCUT2D eigenvalue weighted by atomic mass is 9.34. The summed E-state index contributed by atoms with van der Waals surface area (Å²) in [6.45, 7) is 0. The Kier molecular flexibility index (Phi) is 1.75. The van der Waals surface area contributed by atoms with E-state index in [1.807, 2.05) is 0 Å². The van der Waals surface area contributed by atoms with Crippen molar-refractivity contribution in [3.8, 4) is 0 Å². The maximum Gasteiger partial charge on any atom is 0.129 e. The quantitative estimate of drug-likeness (QED) is 0.679. The van der Waals surface area contributed by atoms with Gasteiger partial charge in [-0.15, -0.1) is 11.6 Å². The summed E-state index contributed by atoms with van der Waals surface area (Å²) < 4.78 is 27.1. The molecule has 0 aromatic heterocycles. The molecule has 2 bridgehead atoms. The molecule has 0 unspecified atom stereocenters. The van der Waals surface area contributed by atoms with E-state index < -0.39 is 11.6 Å². The highest BCUT2D eigenvalue weighted by Gasteiger charge is 2.68. The van der Waals surface area contributed by atoms with Gasteiger partial charge in [0.05, 0.1) is 0 Å². The van der Waals surface area contributed by atoms with Crippen LogP contribution in [-0.4, -0.2) is 5.88 Å². The third-order valence-electron chi connectivity index (χ3n) is 3.92. The average molecular weight is 229 g/mol. The van der Waals surface area contributed by atoms with E-state index in [1.54, 1.807) is 0 Å². The van der Waals surface area contributed by atoms with Crippen molar-refractivity contribution in [3.63, 3.8) is 0 Å². The van der Waals surface area contributed by atoms with Gasteiger partial charge in [-0.2, -0.15) is 0 Å². The molecule has 0 aliphatic heterocycles. The molecule has 0 amide bonds. The zero-order chi connectivity index (χ0) is 10.7. The lowest BCUT2D eigenvalue weighted by molar-refractivity contribution is -0.126. The first-order chi connectivity index (χ1) is 7.11. The normalized spacial score (nSPS) is 37.0. The zero-order valence-electron chi connectivity index (χ0n) is 8.19. The van der Waals surface area contributed by atoms with Crippen molar-refractivity contribution in [2.24, 2.45) is 5.41 Å². The van der Waals surface area contributed by atoms with Crippen LogP contribution in [0.1, 0.15) is 24.8 Å². The number of rotatable bonds is 2. The molecule has 3 saturated carbocycles. The van der Waals surface area contributed by atoms with E-state index in [0.29, 0.717) is 5.88 Å². The Morgan fingerprint density at radius 3 is 2.13 bits per heavy atom. The first-order valence-electron chi connectivity index (χ1n) is 5.11. The fourth-order valence-electron chi connectivity index (χ4n) is 3.41. The van der Waals surface area contributed by atoms with Crippen LogP contribution in [0.4, 0.5) is 8.78 Å². The molecule has 1 aromatic carbocycles. The predicted octanol–water partition coefficient (Wildman–Crippen LogP) is 3.63. The average Bonchev–Trinajstić information content (AvgIpc) is 2.06. The number of benzene rings is 1. The summed E-state index contributed by atoms with van der Waals surface area (Å²) in [6.07, 6.45) is 2.55. The highest BCUT2D eigenvalue weighted by atomic mass is 35.5. The van der Waals surface area contributed by atoms with Crippen LogP contribution in [0.5, 0.6) is 0 Å². The molecule has 80 valence electrons. The van der Waals surface area contributed by atoms with Crippen molar-refractivity contribution >= 4 is 11.6 Å². The molecule has 0 saturated heterocycles. The van der Waals surface area contributed by atoms with E-state index in [2.05, 4.69) is 0 Å². The van der Waals surface area contributed by atoms with Gasteiger partial charge in [0.15, 0.2) is 0 Å². The van der Waals surface area contributed by atoms with Gasteiger partial charge in [0.25, 0.3) is 0 Å². The molecule has 0 spiro atoms. The van der Waals surface area contributed by atoms with Crippen LogP contribution in [-0.2, 0) is 5.41 Å². The molecule has 15 heavy (non-hydrogen) atoms. The molecule has 3 fully saturated rings. The minimum Gasteiger partial charge on any atom is -0.207 e. The summed E-state index contributed by atoms with van der Waals surface area (Å²) in [4.78, 5) is 0. The first-order valence-corrected chi connectivity index (χ1v) is 5.65. The maximum atomic E-state index is 13.5. The fraction of sp³-hybridized carbons (Fsp3) is 0.500. The lowest BCUT2D eigenvalue weighted by Crippen LogP contribution is -2.66. The molecular weight excluding hydrogens is 218 g/mol. The Hall–Kier alpha value is -0.630. The monoisotopic (exact) mass is 228 g/mol. The van der Waals surface area contributed by atoms with Crippen LogP contribution in [0.2, 0.25) is 0 Å². The Labute approximate surface area is 92.2 Å². The minimum absolute atomic E-state index is 0.191. The summed E-state index contributed by atoms with van der Waals surface area (Å²) >= 11 is 5.82. The molecule has 0 radical (unpaired) electrons. The van der Waals surface area contributed by atoms with E-state index in [9.17, 15) is 8.78 Å². The van der Waals surface area contributed by atoms with E-state index in [0.717, 1.165) is 19.3 Å². The van der Waals surface area contributed by atoms with Crippen molar-refractivity contribution in [3.05, 3.63) is 35.4 Å². The molecule has 0 heterocycles. The number of halogens is 3. The molecule has 3 aliphatic carbocycles. The van der Waals surface area contributed by atoms with Crippen molar-refractivity contribution < 1.29 is 8.78 Å². The minimum atomic E-state index is -0.405. The third-order valence-corrected chi connectivity index (χ3v) is 4.48. The standard InChI is InChI=1S/C12H11ClF2/c13-7-11-4-12(5-11,6-11)10-8(14)2-1-3-9(10)15/h1-3H,4-7H2. The van der Waals surface area contributed by atoms with Gasteiger partial charge >= 0.3 is 0 Å². The van der Waals surface area contributed by atoms with Gasteiger partial charge in [0.1, 0.15) is 11.6 Å². The van der Waals surface area contributed by atoms with Crippen molar-refractivity contribution in [1.29, 1.82) is 0 Å². The number of hydrogen-bond donors (Lipinski definition) is 0. The molecule has 4 rings (SSSR count). The van der Waals surface area contributed by atoms with Crippen LogP contribution >= 0.6 is 11.6 Å². The van der Waals surface area contributed by atoms with Crippen molar-refractivity contribution in [2.45, 2.75) is 24.7 Å². The Morgan fingerprint density at radius 1 is 1.13 bits per heavy atom. The second-order valence-corrected chi connectivity index (χ2v) is 5.31. The Bertz CT molecular complexity index is 388. The Balaban J connectivity index is 1.97. The summed E-state index contributed by atoms with van der Waals surface area (Å²) in [5.41, 5.74) is 0.248. The number of alkyl halides is 1. The second kappa shape index (κ2) is 2.73. The van der Waals surface area contributed by atoms with Crippen LogP contribution in [0.15, 0.2) is 18.2 Å². The molecule has 0 N–H and O–H groups in total. The van der Waals surface area contributed by atoms with Crippen LogP contribution in [0, 0.1) is 17.0 Å². The maximum absolute atomic E-state index is 13.5. The fourth-order valence-corrected chi connectivity index (χ4v) is 3.69. The molecule has 1 aromatic rings. The summed E-state index contributed by atoms with van der Waals surface area (Å²) in [6, 6.07) is 4.09. The third kappa shape index (κ3) is 1.06. The summed E-state index contributed by atoms with van der Waals surface area (Å²) in [5.74, 6) is -0.194. The Morgan fingerprint density at radius 2 is 1.67 bits per heavy atom. The molecular formula is C12H11ClF2. The van der Waals surface area contributed by atoms with E-state index in [-0.39, 0.29) is 16.4 Å². The second-order valence-electron chi connectivity index (χ2n) is 5.04. The van der Waals surface area contributed by atoms with Gasteiger partial charge in [-0.05, 0) is 36.8 Å². The largest absolute Gasteiger partial charge is 0.207 e. The first kappa shape index (κ1) is 9.59. The molecule has 0 nitrogen and oxygen atoms in total. The topological polar surface area (TPSA) is 0 Å². The van der Waals surface area contributed by atoms with E-state index in [4.69, 9.17) is 11.6 Å². The number of hydrogen-bond acceptors (Lipinski definition) is 0. The zero-order valence-corrected chi connectivity index (χ0v) is 8.95. The molecule has 3 aliphatic rings. The van der Waals surface area contributed by atoms with Crippen LogP contribution in [0.3, 0.4) is 0 Å². The van der Waals surface area contributed by atoms with Gasteiger partial charge in [0.2, 0.25) is 0 Å². The summed E-state index contributed by atoms with van der Waals surface area (Å²) in [5, 5.41) is 0. The lowest BCUT2D eigenvalue weighted by Gasteiger charge is -2.70. The van der Waals surface area contributed by atoms with Gasteiger partial charge < -0.3 is 0 Å². The van der Waals surface area contributed by atoms with Crippen molar-refractivity contribution in [2.75, 3.05) is 5.88 Å². The van der Waals surface area contributed by atoms with Crippen LogP contribution in [0.25, 0.3) is 0 Å². The highest BCUT2D eigenvalue weighted by molar-refractivity contribution is 6.18. The van der Waals surface area contributed by atoms with E-state index >= 15 is 0 Å². The molecule has 0 atom stereocenters. The predicted molar refractivity (Wildman–Crippen MR) is 55.0 cm³/mol. The van der Waals surface area contributed by atoms with E-state index in [1.165, 1.54) is 18.2 Å². The van der Waals surface area contributed by atoms with Gasteiger partial charge in [0, 0.05) is 16.9 Å². The smallest absolute Gasteiger partial charge is 0.129 e. The van der Waals surface area contributed by atoms with Gasteiger partial charge in [-0.1, -0.05) is 6.07 Å². The summed E-state index contributed by atoms with van der Waals surface area (Å²) in [7, 11) is 0. The SMILES string of the molecule is Fc1cccc(F)c1C12CC(CCl)(C1)C2. The van der Waals surface area contributed by atoms with Gasteiger partial charge in [-0.3, -0.25) is 0 Å². The molecule has 3 heteroatoms.